The van der Waals surface area contributed by atoms with Crippen molar-refractivity contribution in [2.24, 2.45) is 11.8 Å². The Kier molecular flexibility index (Phi) is 5.74. The number of hydrogen-bond acceptors (Lipinski definition) is 2. The third-order valence-electron chi connectivity index (χ3n) is 5.46. The number of nitrogens with zero attached hydrogens (tertiary/aromatic N) is 1. The van der Waals surface area contributed by atoms with Gasteiger partial charge < -0.3 is 15.5 Å². The summed E-state index contributed by atoms with van der Waals surface area (Å²) in [6.07, 6.45) is -4.75. The summed E-state index contributed by atoms with van der Waals surface area (Å²) in [6, 6.07) is 1.89. The number of nitrogens with one attached hydrogen (secondary N) is 2. The van der Waals surface area contributed by atoms with Crippen LogP contribution in [0.4, 0.5) is 22.4 Å². The first-order valence-corrected chi connectivity index (χ1v) is 9.33. The van der Waals surface area contributed by atoms with Crippen LogP contribution < -0.4 is 10.6 Å². The zero-order chi connectivity index (χ0) is 20.6. The highest BCUT2D eigenvalue weighted by molar-refractivity contribution is 6.30. The van der Waals surface area contributed by atoms with Crippen LogP contribution in [0.1, 0.15) is 31.4 Å². The minimum atomic E-state index is -4.32. The summed E-state index contributed by atoms with van der Waals surface area (Å²) in [6.45, 7) is 2.07. The molecule has 2 atom stereocenters. The summed E-state index contributed by atoms with van der Waals surface area (Å²) >= 11 is 5.82. The van der Waals surface area contributed by atoms with Gasteiger partial charge in [0.1, 0.15) is 11.9 Å². The van der Waals surface area contributed by atoms with Crippen LogP contribution in [0, 0.1) is 17.7 Å². The largest absolute Gasteiger partial charge is 0.391 e. The monoisotopic (exact) mass is 421 g/mol. The molecule has 1 aliphatic heterocycles. The predicted molar refractivity (Wildman–Crippen MR) is 94.1 cm³/mol. The highest BCUT2D eigenvalue weighted by atomic mass is 35.5. The van der Waals surface area contributed by atoms with Crippen LogP contribution in [-0.4, -0.2) is 42.1 Å². The Hall–Kier alpha value is -2.03. The van der Waals surface area contributed by atoms with Gasteiger partial charge >= 0.3 is 12.2 Å². The minimum Gasteiger partial charge on any atom is -0.353 e. The molecule has 2 fully saturated rings. The maximum Gasteiger partial charge on any atom is 0.391 e. The van der Waals surface area contributed by atoms with Crippen molar-refractivity contribution in [3.05, 3.63) is 34.6 Å². The van der Waals surface area contributed by atoms with Gasteiger partial charge in [-0.1, -0.05) is 23.7 Å². The SMILES string of the molecule is C[C@@H]1C(=O)NCCN1C(=O)N[C@@H](c1cccc(Cl)c1F)C1CC(C(F)(F)F)C1. The first kappa shape index (κ1) is 20.7. The molecule has 0 spiro atoms. The molecule has 1 saturated carbocycles. The molecular formula is C18H20ClF4N3O2. The first-order valence-electron chi connectivity index (χ1n) is 8.95. The average Bonchev–Trinajstić information content (AvgIpc) is 2.56. The van der Waals surface area contributed by atoms with Crippen LogP contribution in [-0.2, 0) is 4.79 Å². The fourth-order valence-electron chi connectivity index (χ4n) is 3.69. The fourth-order valence-corrected chi connectivity index (χ4v) is 3.87. The standard InChI is InChI=1S/C18H20ClF4N3O2/c1-9-16(27)24-5-6-26(9)17(28)25-15(10-7-11(8-10)18(21,22)23)12-3-2-4-13(19)14(12)20/h2-4,9-11,15H,5-8H2,1H3,(H,24,27)(H,25,28)/t9-,10?,11?,15-/m1/s1. The maximum atomic E-state index is 14.6. The van der Waals surface area contributed by atoms with Crippen molar-refractivity contribution in [2.45, 2.75) is 38.0 Å². The van der Waals surface area contributed by atoms with E-state index in [1.54, 1.807) is 6.92 Å². The summed E-state index contributed by atoms with van der Waals surface area (Å²) in [5, 5.41) is 5.09. The van der Waals surface area contributed by atoms with Crippen LogP contribution in [0.2, 0.25) is 5.02 Å². The van der Waals surface area contributed by atoms with Gasteiger partial charge in [0.05, 0.1) is 17.0 Å². The van der Waals surface area contributed by atoms with E-state index in [0.717, 1.165) is 0 Å². The normalized spacial score (nSPS) is 26.3. The second-order valence-electron chi connectivity index (χ2n) is 7.20. The lowest BCUT2D eigenvalue weighted by Gasteiger charge is -2.43. The second-order valence-corrected chi connectivity index (χ2v) is 7.61. The number of rotatable bonds is 3. The molecular weight excluding hydrogens is 402 g/mol. The van der Waals surface area contributed by atoms with Crippen LogP contribution >= 0.6 is 11.6 Å². The molecule has 0 radical (unpaired) electrons. The molecule has 3 amide bonds. The number of benzene rings is 1. The molecule has 10 heteroatoms. The van der Waals surface area contributed by atoms with Gasteiger partial charge in [0.2, 0.25) is 5.91 Å². The molecule has 1 aromatic carbocycles. The lowest BCUT2D eigenvalue weighted by atomic mass is 9.69. The molecule has 154 valence electrons. The van der Waals surface area contributed by atoms with Crippen LogP contribution in [0.3, 0.4) is 0 Å². The average molecular weight is 422 g/mol. The van der Waals surface area contributed by atoms with E-state index in [2.05, 4.69) is 10.6 Å². The molecule has 2 N–H and O–H groups in total. The van der Waals surface area contributed by atoms with Crippen LogP contribution in [0.15, 0.2) is 18.2 Å². The molecule has 1 aliphatic carbocycles. The van der Waals surface area contributed by atoms with E-state index in [1.807, 2.05) is 0 Å². The number of alkyl halides is 3. The quantitative estimate of drug-likeness (QED) is 0.732. The number of piperazine rings is 1. The van der Waals surface area contributed by atoms with E-state index in [0.29, 0.717) is 0 Å². The molecule has 2 aliphatic rings. The van der Waals surface area contributed by atoms with Gasteiger partial charge in [0, 0.05) is 18.7 Å². The third-order valence-corrected chi connectivity index (χ3v) is 5.76. The van der Waals surface area contributed by atoms with Gasteiger partial charge in [-0.15, -0.1) is 0 Å². The van der Waals surface area contributed by atoms with E-state index in [-0.39, 0.29) is 42.4 Å². The Balaban J connectivity index is 1.82. The van der Waals surface area contributed by atoms with Crippen molar-refractivity contribution < 1.29 is 27.2 Å². The maximum absolute atomic E-state index is 14.6. The van der Waals surface area contributed by atoms with Crippen molar-refractivity contribution in [1.82, 2.24) is 15.5 Å². The summed E-state index contributed by atoms with van der Waals surface area (Å²) < 4.78 is 53.2. The molecule has 3 rings (SSSR count). The molecule has 28 heavy (non-hydrogen) atoms. The Bertz CT molecular complexity index is 768. The second kappa shape index (κ2) is 7.77. The van der Waals surface area contributed by atoms with Crippen molar-refractivity contribution in [3.8, 4) is 0 Å². The highest BCUT2D eigenvalue weighted by Gasteiger charge is 2.51. The van der Waals surface area contributed by atoms with Crippen molar-refractivity contribution >= 4 is 23.5 Å². The zero-order valence-electron chi connectivity index (χ0n) is 15.0. The lowest BCUT2D eigenvalue weighted by Crippen LogP contribution is -2.59. The van der Waals surface area contributed by atoms with E-state index in [9.17, 15) is 27.2 Å². The molecule has 0 unspecified atom stereocenters. The number of urea groups is 1. The van der Waals surface area contributed by atoms with E-state index in [1.165, 1.54) is 23.1 Å². The zero-order valence-corrected chi connectivity index (χ0v) is 15.8. The molecule has 1 aromatic rings. The Morgan fingerprint density at radius 2 is 2.04 bits per heavy atom. The number of hydrogen-bond donors (Lipinski definition) is 2. The van der Waals surface area contributed by atoms with E-state index < -0.39 is 41.9 Å². The summed E-state index contributed by atoms with van der Waals surface area (Å²) in [5.74, 6) is -3.15. The lowest BCUT2D eigenvalue weighted by molar-refractivity contribution is -0.206. The van der Waals surface area contributed by atoms with Gasteiger partial charge in [-0.25, -0.2) is 9.18 Å². The third kappa shape index (κ3) is 4.04. The van der Waals surface area contributed by atoms with Gasteiger partial charge in [-0.2, -0.15) is 13.2 Å². The molecule has 5 nitrogen and oxygen atoms in total. The van der Waals surface area contributed by atoms with Gasteiger partial charge in [0.15, 0.2) is 0 Å². The van der Waals surface area contributed by atoms with E-state index in [4.69, 9.17) is 11.6 Å². The van der Waals surface area contributed by atoms with Gasteiger partial charge in [0.25, 0.3) is 0 Å². The van der Waals surface area contributed by atoms with Crippen molar-refractivity contribution in [3.63, 3.8) is 0 Å². The molecule has 0 aromatic heterocycles. The molecule has 0 bridgehead atoms. The smallest absolute Gasteiger partial charge is 0.353 e. The number of carbonyl (C=O) groups is 2. The predicted octanol–water partition coefficient (Wildman–Crippen LogP) is 3.64. The summed E-state index contributed by atoms with van der Waals surface area (Å²) in [5.41, 5.74) is 0.0422. The minimum absolute atomic E-state index is 0.0422. The van der Waals surface area contributed by atoms with Crippen molar-refractivity contribution in [1.29, 1.82) is 0 Å². The van der Waals surface area contributed by atoms with E-state index >= 15 is 0 Å². The van der Waals surface area contributed by atoms with Gasteiger partial charge in [-0.05, 0) is 31.7 Å². The number of carbonyl (C=O) groups excluding carboxylic acids is 2. The highest BCUT2D eigenvalue weighted by Crippen LogP contribution is 2.50. The van der Waals surface area contributed by atoms with Gasteiger partial charge in [-0.3, -0.25) is 4.79 Å². The first-order chi connectivity index (χ1) is 13.1. The Labute approximate surface area is 164 Å². The summed E-state index contributed by atoms with van der Waals surface area (Å²) in [4.78, 5) is 25.8. The fraction of sp³-hybridized carbons (Fsp3) is 0.556. The Morgan fingerprint density at radius 3 is 2.68 bits per heavy atom. The number of halogens is 5. The topological polar surface area (TPSA) is 61.4 Å². The molecule has 1 heterocycles. The van der Waals surface area contributed by atoms with Crippen molar-refractivity contribution in [2.75, 3.05) is 13.1 Å². The Morgan fingerprint density at radius 1 is 1.36 bits per heavy atom. The van der Waals surface area contributed by atoms with Crippen LogP contribution in [0.25, 0.3) is 0 Å². The molecule has 1 saturated heterocycles. The summed E-state index contributed by atoms with van der Waals surface area (Å²) in [7, 11) is 0. The number of amides is 3. The van der Waals surface area contributed by atoms with Crippen LogP contribution in [0.5, 0.6) is 0 Å².